The fraction of sp³-hybridized carbons (Fsp3) is 0.286. The van der Waals surface area contributed by atoms with Gasteiger partial charge in [0.1, 0.15) is 25.3 Å². The first-order valence-corrected chi connectivity index (χ1v) is 11.4. The fourth-order valence-electron chi connectivity index (χ4n) is 2.77. The van der Waals surface area contributed by atoms with Crippen LogP contribution in [0.2, 0.25) is 0 Å². The third-order valence-corrected chi connectivity index (χ3v) is 5.93. The summed E-state index contributed by atoms with van der Waals surface area (Å²) in [7, 11) is -4.10. The van der Waals surface area contributed by atoms with Gasteiger partial charge in [0.2, 0.25) is 15.9 Å². The Labute approximate surface area is 185 Å². The van der Waals surface area contributed by atoms with E-state index >= 15 is 0 Å². The molecular formula is C21H23N3O7S. The smallest absolute Gasteiger partial charge is 0.408 e. The number of amides is 2. The second-order valence-electron chi connectivity index (χ2n) is 7.05. The van der Waals surface area contributed by atoms with Crippen molar-refractivity contribution in [1.82, 2.24) is 15.4 Å². The summed E-state index contributed by atoms with van der Waals surface area (Å²) < 4.78 is 37.3. The van der Waals surface area contributed by atoms with Crippen molar-refractivity contribution < 1.29 is 32.3 Å². The maximum atomic E-state index is 12.6. The van der Waals surface area contributed by atoms with Crippen molar-refractivity contribution in [2.24, 2.45) is 0 Å². The van der Waals surface area contributed by atoms with Crippen LogP contribution in [0.3, 0.4) is 0 Å². The standard InChI is InChI=1S/C21H23N3O7S/c25-19-17(11-22-19)24-32(28,29)14-18(20(26)30-12-15-7-3-1-4-8-15)23-21(27)31-13-16-9-5-2-6-10-16/h1-10,17-18,24H,11-14H2,(H,22,25)(H,23,27). The van der Waals surface area contributed by atoms with Gasteiger partial charge in [0, 0.05) is 6.54 Å². The summed E-state index contributed by atoms with van der Waals surface area (Å²) in [6.45, 7) is -0.0190. The maximum absolute atomic E-state index is 12.6. The van der Waals surface area contributed by atoms with E-state index in [1.165, 1.54) is 0 Å². The monoisotopic (exact) mass is 461 g/mol. The molecule has 0 aliphatic carbocycles. The molecule has 1 heterocycles. The molecule has 32 heavy (non-hydrogen) atoms. The highest BCUT2D eigenvalue weighted by Crippen LogP contribution is 2.06. The molecule has 1 saturated heterocycles. The number of alkyl carbamates (subject to hydrolysis) is 1. The van der Waals surface area contributed by atoms with Crippen LogP contribution in [0.25, 0.3) is 0 Å². The van der Waals surface area contributed by atoms with Crippen LogP contribution in [0.4, 0.5) is 4.79 Å². The van der Waals surface area contributed by atoms with Gasteiger partial charge in [-0.3, -0.25) is 4.79 Å². The lowest BCUT2D eigenvalue weighted by Gasteiger charge is -2.27. The van der Waals surface area contributed by atoms with Crippen LogP contribution in [0.1, 0.15) is 11.1 Å². The molecule has 1 aliphatic heterocycles. The molecule has 0 saturated carbocycles. The zero-order valence-corrected chi connectivity index (χ0v) is 17.8. The lowest BCUT2D eigenvalue weighted by atomic mass is 10.2. The molecule has 0 bridgehead atoms. The Kier molecular flexibility index (Phi) is 7.79. The summed E-state index contributed by atoms with van der Waals surface area (Å²) >= 11 is 0. The van der Waals surface area contributed by atoms with E-state index in [1.54, 1.807) is 54.6 Å². The molecule has 170 valence electrons. The maximum Gasteiger partial charge on any atom is 0.408 e. The Morgan fingerprint density at radius 3 is 2.03 bits per heavy atom. The number of hydrogen-bond donors (Lipinski definition) is 3. The van der Waals surface area contributed by atoms with Crippen LogP contribution in [0.15, 0.2) is 60.7 Å². The van der Waals surface area contributed by atoms with Gasteiger partial charge in [0.05, 0.1) is 5.75 Å². The number of hydrogen-bond acceptors (Lipinski definition) is 7. The summed E-state index contributed by atoms with van der Waals surface area (Å²) in [5.41, 5.74) is 1.41. The predicted molar refractivity (Wildman–Crippen MR) is 114 cm³/mol. The average molecular weight is 461 g/mol. The highest BCUT2D eigenvalue weighted by atomic mass is 32.2. The van der Waals surface area contributed by atoms with Gasteiger partial charge in [0.15, 0.2) is 0 Å². The molecule has 2 amide bonds. The van der Waals surface area contributed by atoms with E-state index < -0.39 is 45.8 Å². The minimum absolute atomic E-state index is 0.0638. The zero-order valence-electron chi connectivity index (χ0n) is 17.0. The topological polar surface area (TPSA) is 140 Å². The fourth-order valence-corrected chi connectivity index (χ4v) is 4.15. The third kappa shape index (κ3) is 7.06. The number of sulfonamides is 1. The van der Waals surface area contributed by atoms with Crippen LogP contribution in [-0.4, -0.2) is 50.8 Å². The molecule has 2 aromatic carbocycles. The number of esters is 1. The number of carbonyl (C=O) groups excluding carboxylic acids is 3. The number of benzene rings is 2. The molecule has 1 aliphatic rings. The molecule has 3 N–H and O–H groups in total. The zero-order chi connectivity index (χ0) is 23.0. The van der Waals surface area contributed by atoms with Gasteiger partial charge in [-0.05, 0) is 11.1 Å². The van der Waals surface area contributed by atoms with Gasteiger partial charge < -0.3 is 20.1 Å². The summed E-state index contributed by atoms with van der Waals surface area (Å²) in [5.74, 6) is -2.23. The van der Waals surface area contributed by atoms with Crippen molar-refractivity contribution in [2.75, 3.05) is 12.3 Å². The third-order valence-electron chi connectivity index (χ3n) is 4.52. The molecular weight excluding hydrogens is 438 g/mol. The Bertz CT molecular complexity index is 1050. The van der Waals surface area contributed by atoms with Gasteiger partial charge in [0.25, 0.3) is 0 Å². The number of ether oxygens (including phenoxy) is 2. The first-order chi connectivity index (χ1) is 15.3. The van der Waals surface area contributed by atoms with Crippen molar-refractivity contribution in [1.29, 1.82) is 0 Å². The molecule has 0 radical (unpaired) electrons. The first-order valence-electron chi connectivity index (χ1n) is 9.78. The highest BCUT2D eigenvalue weighted by Gasteiger charge is 2.35. The summed E-state index contributed by atoms with van der Waals surface area (Å²) in [6, 6.07) is 15.2. The second kappa shape index (κ2) is 10.7. The number of rotatable bonds is 10. The SMILES string of the molecule is O=C(NC(CS(=O)(=O)NC1CNC1=O)C(=O)OCc1ccccc1)OCc1ccccc1. The quantitative estimate of drug-likeness (QED) is 0.345. The van der Waals surface area contributed by atoms with Crippen LogP contribution in [-0.2, 0) is 42.3 Å². The van der Waals surface area contributed by atoms with Crippen LogP contribution in [0, 0.1) is 0 Å². The minimum Gasteiger partial charge on any atom is -0.459 e. The van der Waals surface area contributed by atoms with E-state index in [-0.39, 0.29) is 19.8 Å². The summed E-state index contributed by atoms with van der Waals surface area (Å²) in [4.78, 5) is 36.2. The van der Waals surface area contributed by atoms with Crippen molar-refractivity contribution in [3.63, 3.8) is 0 Å². The van der Waals surface area contributed by atoms with Crippen molar-refractivity contribution in [3.8, 4) is 0 Å². The molecule has 10 nitrogen and oxygen atoms in total. The number of carbonyl (C=O) groups is 3. The number of nitrogens with one attached hydrogen (secondary N) is 3. The van der Waals surface area contributed by atoms with Crippen LogP contribution in [0.5, 0.6) is 0 Å². The van der Waals surface area contributed by atoms with E-state index in [2.05, 4.69) is 15.4 Å². The molecule has 1 fully saturated rings. The molecule has 2 atom stereocenters. The normalized spacial score (nSPS) is 16.2. The molecule has 0 spiro atoms. The first kappa shape index (κ1) is 23.2. The van der Waals surface area contributed by atoms with Crippen molar-refractivity contribution in [3.05, 3.63) is 71.8 Å². The van der Waals surface area contributed by atoms with Gasteiger partial charge in [-0.25, -0.2) is 22.7 Å². The largest absolute Gasteiger partial charge is 0.459 e. The Balaban J connectivity index is 1.62. The average Bonchev–Trinajstić information content (AvgIpc) is 2.79. The minimum atomic E-state index is -4.10. The van der Waals surface area contributed by atoms with Crippen LogP contribution >= 0.6 is 0 Å². The van der Waals surface area contributed by atoms with Crippen molar-refractivity contribution in [2.45, 2.75) is 25.3 Å². The van der Waals surface area contributed by atoms with E-state index in [0.717, 1.165) is 5.56 Å². The lowest BCUT2D eigenvalue weighted by Crippen LogP contribution is -2.62. The molecule has 2 unspecified atom stereocenters. The van der Waals surface area contributed by atoms with E-state index in [0.29, 0.717) is 5.56 Å². The van der Waals surface area contributed by atoms with Gasteiger partial charge in [-0.15, -0.1) is 0 Å². The second-order valence-corrected chi connectivity index (χ2v) is 8.85. The Morgan fingerprint density at radius 1 is 0.969 bits per heavy atom. The van der Waals surface area contributed by atoms with Crippen molar-refractivity contribution >= 4 is 28.0 Å². The Hall–Kier alpha value is -3.44. The summed E-state index contributed by atoms with van der Waals surface area (Å²) in [6.07, 6.45) is -0.980. The molecule has 3 rings (SSSR count). The highest BCUT2D eigenvalue weighted by molar-refractivity contribution is 7.89. The van der Waals surface area contributed by atoms with Crippen LogP contribution < -0.4 is 15.4 Å². The molecule has 2 aromatic rings. The van der Waals surface area contributed by atoms with E-state index in [1.807, 2.05) is 6.07 Å². The molecule has 11 heteroatoms. The van der Waals surface area contributed by atoms with Gasteiger partial charge >= 0.3 is 12.1 Å². The van der Waals surface area contributed by atoms with Gasteiger partial charge in [-0.2, -0.15) is 0 Å². The lowest BCUT2D eigenvalue weighted by molar-refractivity contribution is -0.146. The molecule has 0 aromatic heterocycles. The predicted octanol–water partition coefficient (Wildman–Crippen LogP) is 0.443. The van der Waals surface area contributed by atoms with E-state index in [9.17, 15) is 22.8 Å². The number of β-lactam (4-membered cyclic amide) rings is 1. The Morgan fingerprint density at radius 2 is 1.53 bits per heavy atom. The van der Waals surface area contributed by atoms with Gasteiger partial charge in [-0.1, -0.05) is 60.7 Å². The summed E-state index contributed by atoms with van der Waals surface area (Å²) in [5, 5.41) is 4.66. The van der Waals surface area contributed by atoms with E-state index in [4.69, 9.17) is 9.47 Å².